The predicted molar refractivity (Wildman–Crippen MR) is 114 cm³/mol. The van der Waals surface area contributed by atoms with Crippen LogP contribution < -0.4 is 0 Å². The summed E-state index contributed by atoms with van der Waals surface area (Å²) in [5.41, 5.74) is 0. The van der Waals surface area contributed by atoms with Crippen LogP contribution in [0.15, 0.2) is 0 Å². The van der Waals surface area contributed by atoms with Gasteiger partial charge in [0.05, 0.1) is 0 Å². The summed E-state index contributed by atoms with van der Waals surface area (Å²) >= 11 is 0. The van der Waals surface area contributed by atoms with Gasteiger partial charge in [-0.2, -0.15) is 0 Å². The highest BCUT2D eigenvalue weighted by Crippen LogP contribution is 2.14. The van der Waals surface area contributed by atoms with Crippen LogP contribution >= 0.6 is 0 Å². The summed E-state index contributed by atoms with van der Waals surface area (Å²) in [7, 11) is 0. The maximum atomic E-state index is 9.58. The van der Waals surface area contributed by atoms with Crippen molar-refractivity contribution in [1.82, 2.24) is 4.90 Å². The molecular formula is C23H49NO2. The van der Waals surface area contributed by atoms with Crippen molar-refractivity contribution in [3.8, 4) is 0 Å². The first-order valence-corrected chi connectivity index (χ1v) is 11.7. The minimum atomic E-state index is -0.559. The fourth-order valence-electron chi connectivity index (χ4n) is 3.71. The maximum Gasteiger partial charge on any atom is 0.106 e. The SMILES string of the molecule is CCCCCCCCCCCCCCCCCCCN(C(C)O)C(C)O. The molecule has 2 unspecified atom stereocenters. The number of hydrogen-bond donors (Lipinski definition) is 2. The normalized spacial score (nSPS) is 14.1. The zero-order chi connectivity index (χ0) is 19.5. The highest BCUT2D eigenvalue weighted by molar-refractivity contribution is 4.59. The van der Waals surface area contributed by atoms with Crippen molar-refractivity contribution in [2.75, 3.05) is 6.54 Å². The third-order valence-electron chi connectivity index (χ3n) is 5.48. The van der Waals surface area contributed by atoms with Gasteiger partial charge in [0.15, 0.2) is 0 Å². The highest BCUT2D eigenvalue weighted by Gasteiger charge is 2.14. The van der Waals surface area contributed by atoms with Gasteiger partial charge in [-0.1, -0.05) is 110 Å². The Hall–Kier alpha value is -0.120. The quantitative estimate of drug-likeness (QED) is 0.187. The van der Waals surface area contributed by atoms with Crippen molar-refractivity contribution in [2.45, 2.75) is 142 Å². The Labute approximate surface area is 164 Å². The molecule has 0 heterocycles. The molecule has 0 aromatic carbocycles. The Morgan fingerprint density at radius 2 is 0.769 bits per heavy atom. The van der Waals surface area contributed by atoms with E-state index in [4.69, 9.17) is 0 Å². The van der Waals surface area contributed by atoms with Crippen molar-refractivity contribution in [2.24, 2.45) is 0 Å². The Bertz CT molecular complexity index is 261. The molecule has 0 aliphatic heterocycles. The second-order valence-corrected chi connectivity index (χ2v) is 8.16. The molecule has 0 aromatic rings. The van der Waals surface area contributed by atoms with Gasteiger partial charge < -0.3 is 10.2 Å². The lowest BCUT2D eigenvalue weighted by Gasteiger charge is -2.27. The van der Waals surface area contributed by atoms with Crippen LogP contribution in [0.25, 0.3) is 0 Å². The molecule has 0 fully saturated rings. The molecule has 0 amide bonds. The standard InChI is InChI=1S/C23H49NO2/c1-4-5-6-7-8-9-10-11-12-13-14-15-16-17-18-19-20-21-24(22(2)25)23(3)26/h22-23,25-26H,4-21H2,1-3H3. The lowest BCUT2D eigenvalue weighted by molar-refractivity contribution is -0.0844. The molecule has 3 heteroatoms. The van der Waals surface area contributed by atoms with Crippen molar-refractivity contribution in [1.29, 1.82) is 0 Å². The van der Waals surface area contributed by atoms with Gasteiger partial charge in [0.2, 0.25) is 0 Å². The van der Waals surface area contributed by atoms with Crippen LogP contribution in [-0.2, 0) is 0 Å². The lowest BCUT2D eigenvalue weighted by Crippen LogP contribution is -2.40. The number of hydrogen-bond acceptors (Lipinski definition) is 3. The van der Waals surface area contributed by atoms with Gasteiger partial charge in [-0.3, -0.25) is 4.90 Å². The number of aliphatic hydroxyl groups is 2. The maximum absolute atomic E-state index is 9.58. The second kappa shape index (κ2) is 19.6. The third kappa shape index (κ3) is 17.3. The van der Waals surface area contributed by atoms with E-state index in [0.717, 1.165) is 13.0 Å². The van der Waals surface area contributed by atoms with Crippen LogP contribution in [0.1, 0.15) is 130 Å². The average Bonchev–Trinajstić information content (AvgIpc) is 2.60. The molecule has 0 saturated carbocycles. The van der Waals surface area contributed by atoms with E-state index in [1.165, 1.54) is 103 Å². The molecule has 3 nitrogen and oxygen atoms in total. The van der Waals surface area contributed by atoms with E-state index < -0.39 is 12.5 Å². The first-order chi connectivity index (χ1) is 12.6. The second-order valence-electron chi connectivity index (χ2n) is 8.16. The number of unbranched alkanes of at least 4 members (excludes halogenated alkanes) is 16. The summed E-state index contributed by atoms with van der Waals surface area (Å²) in [5, 5.41) is 19.2. The molecule has 26 heavy (non-hydrogen) atoms. The molecule has 2 N–H and O–H groups in total. The first-order valence-electron chi connectivity index (χ1n) is 11.7. The number of rotatable bonds is 20. The van der Waals surface area contributed by atoms with Gasteiger partial charge in [0, 0.05) is 6.54 Å². The third-order valence-corrected chi connectivity index (χ3v) is 5.48. The summed E-state index contributed by atoms with van der Waals surface area (Å²) in [6.45, 7) is 6.51. The summed E-state index contributed by atoms with van der Waals surface area (Å²) in [6.07, 6.45) is 22.2. The highest BCUT2D eigenvalue weighted by atomic mass is 16.3. The molecule has 0 rings (SSSR count). The van der Waals surface area contributed by atoms with E-state index in [0.29, 0.717) is 0 Å². The lowest BCUT2D eigenvalue weighted by atomic mass is 10.0. The van der Waals surface area contributed by atoms with Gasteiger partial charge in [-0.25, -0.2) is 0 Å². The Kier molecular flexibility index (Phi) is 19.5. The van der Waals surface area contributed by atoms with Crippen LogP contribution in [0, 0.1) is 0 Å². The molecular weight excluding hydrogens is 322 g/mol. The monoisotopic (exact) mass is 371 g/mol. The minimum Gasteiger partial charge on any atom is -0.379 e. The van der Waals surface area contributed by atoms with E-state index in [1.807, 2.05) is 0 Å². The largest absolute Gasteiger partial charge is 0.379 e. The average molecular weight is 372 g/mol. The van der Waals surface area contributed by atoms with Crippen LogP contribution in [0.5, 0.6) is 0 Å². The molecule has 0 spiro atoms. The smallest absolute Gasteiger partial charge is 0.106 e. The summed E-state index contributed by atoms with van der Waals surface area (Å²) in [4.78, 5) is 1.74. The van der Waals surface area contributed by atoms with Gasteiger partial charge in [0.1, 0.15) is 12.5 Å². The Morgan fingerprint density at radius 3 is 1.04 bits per heavy atom. The van der Waals surface area contributed by atoms with Crippen LogP contribution in [0.3, 0.4) is 0 Å². The number of nitrogens with zero attached hydrogens (tertiary/aromatic N) is 1. The van der Waals surface area contributed by atoms with E-state index in [9.17, 15) is 10.2 Å². The first kappa shape index (κ1) is 25.9. The molecule has 2 atom stereocenters. The molecule has 0 saturated heterocycles. The fourth-order valence-corrected chi connectivity index (χ4v) is 3.71. The molecule has 0 bridgehead atoms. The minimum absolute atomic E-state index is 0.559. The van der Waals surface area contributed by atoms with E-state index in [2.05, 4.69) is 6.92 Å². The molecule has 0 aliphatic carbocycles. The van der Waals surface area contributed by atoms with Crippen LogP contribution in [0.2, 0.25) is 0 Å². The summed E-state index contributed by atoms with van der Waals surface area (Å²) < 4.78 is 0. The summed E-state index contributed by atoms with van der Waals surface area (Å²) in [5.74, 6) is 0. The van der Waals surface area contributed by atoms with E-state index in [1.54, 1.807) is 18.7 Å². The van der Waals surface area contributed by atoms with E-state index >= 15 is 0 Å². The molecule has 158 valence electrons. The molecule has 0 aromatic heterocycles. The van der Waals surface area contributed by atoms with Crippen molar-refractivity contribution in [3.05, 3.63) is 0 Å². The van der Waals surface area contributed by atoms with Gasteiger partial charge in [0.25, 0.3) is 0 Å². The zero-order valence-electron chi connectivity index (χ0n) is 18.2. The van der Waals surface area contributed by atoms with Crippen LogP contribution in [-0.4, -0.2) is 34.1 Å². The Morgan fingerprint density at radius 1 is 0.500 bits per heavy atom. The van der Waals surface area contributed by atoms with Crippen molar-refractivity contribution >= 4 is 0 Å². The molecule has 0 radical (unpaired) electrons. The van der Waals surface area contributed by atoms with Crippen molar-refractivity contribution < 1.29 is 10.2 Å². The van der Waals surface area contributed by atoms with E-state index in [-0.39, 0.29) is 0 Å². The fraction of sp³-hybridized carbons (Fsp3) is 1.00. The molecule has 0 aliphatic rings. The van der Waals surface area contributed by atoms with Gasteiger partial charge >= 0.3 is 0 Å². The van der Waals surface area contributed by atoms with Crippen molar-refractivity contribution in [3.63, 3.8) is 0 Å². The summed E-state index contributed by atoms with van der Waals surface area (Å²) in [6, 6.07) is 0. The van der Waals surface area contributed by atoms with Gasteiger partial charge in [-0.15, -0.1) is 0 Å². The Balaban J connectivity index is 3.18. The van der Waals surface area contributed by atoms with Gasteiger partial charge in [-0.05, 0) is 20.3 Å². The number of aliphatic hydroxyl groups excluding tert-OH is 2. The zero-order valence-corrected chi connectivity index (χ0v) is 18.2. The van der Waals surface area contributed by atoms with Crippen LogP contribution in [0.4, 0.5) is 0 Å². The predicted octanol–water partition coefficient (Wildman–Crippen LogP) is 6.62. The topological polar surface area (TPSA) is 43.7 Å².